The molecule has 0 unspecified atom stereocenters. The molecule has 0 amide bonds. The summed E-state index contributed by atoms with van der Waals surface area (Å²) < 4.78 is 18.9. The Morgan fingerprint density at radius 1 is 1.12 bits per heavy atom. The largest absolute Gasteiger partial charge is 0.489 e. The lowest BCUT2D eigenvalue weighted by Crippen LogP contribution is -1.99. The van der Waals surface area contributed by atoms with E-state index in [1.165, 1.54) is 6.07 Å². The summed E-state index contributed by atoms with van der Waals surface area (Å²) in [6.07, 6.45) is 0. The van der Waals surface area contributed by atoms with Crippen molar-refractivity contribution in [2.75, 3.05) is 5.73 Å². The number of anilines is 1. The average molecular weight is 252 g/mol. The van der Waals surface area contributed by atoms with Crippen LogP contribution in [0.15, 0.2) is 42.5 Å². The van der Waals surface area contributed by atoms with Crippen molar-refractivity contribution < 1.29 is 9.13 Å². The van der Waals surface area contributed by atoms with Gasteiger partial charge in [-0.25, -0.2) is 4.39 Å². The lowest BCUT2D eigenvalue weighted by Gasteiger charge is -2.07. The molecule has 2 nitrogen and oxygen atoms in total. The molecule has 17 heavy (non-hydrogen) atoms. The number of ether oxygens (including phenoxy) is 1. The van der Waals surface area contributed by atoms with Crippen molar-refractivity contribution in [3.8, 4) is 5.75 Å². The van der Waals surface area contributed by atoms with E-state index < -0.39 is 0 Å². The minimum atomic E-state index is -0.362. The zero-order valence-electron chi connectivity index (χ0n) is 8.99. The number of nitrogen functional groups attached to an aromatic ring is 1. The third-order valence-corrected chi connectivity index (χ3v) is 2.54. The summed E-state index contributed by atoms with van der Waals surface area (Å²) in [7, 11) is 0. The molecule has 0 heterocycles. The standard InChI is InChI=1S/C13H11ClFNO/c14-10-2-5-12(6-3-10)17-8-9-1-4-11(16)7-13(9)15/h1-7H,8,16H2. The zero-order valence-corrected chi connectivity index (χ0v) is 9.75. The molecule has 0 aliphatic heterocycles. The van der Waals surface area contributed by atoms with E-state index >= 15 is 0 Å². The average Bonchev–Trinajstić information content (AvgIpc) is 2.30. The van der Waals surface area contributed by atoms with E-state index in [0.717, 1.165) is 0 Å². The third-order valence-electron chi connectivity index (χ3n) is 2.29. The maximum absolute atomic E-state index is 13.4. The Hall–Kier alpha value is -1.74. The predicted molar refractivity (Wildman–Crippen MR) is 66.6 cm³/mol. The predicted octanol–water partition coefficient (Wildman–Crippen LogP) is 3.64. The summed E-state index contributed by atoms with van der Waals surface area (Å²) in [5.74, 6) is 0.282. The van der Waals surface area contributed by atoms with Crippen molar-refractivity contribution in [1.82, 2.24) is 0 Å². The highest BCUT2D eigenvalue weighted by Crippen LogP contribution is 2.18. The van der Waals surface area contributed by atoms with Crippen molar-refractivity contribution >= 4 is 17.3 Å². The molecular formula is C13H11ClFNO. The van der Waals surface area contributed by atoms with Gasteiger partial charge in [-0.05, 0) is 36.4 Å². The molecular weight excluding hydrogens is 241 g/mol. The molecule has 0 spiro atoms. The summed E-state index contributed by atoms with van der Waals surface area (Å²) in [4.78, 5) is 0. The number of hydrogen-bond acceptors (Lipinski definition) is 2. The van der Waals surface area contributed by atoms with Gasteiger partial charge in [-0.2, -0.15) is 0 Å². The first kappa shape index (κ1) is 11.7. The Balaban J connectivity index is 2.04. The van der Waals surface area contributed by atoms with Gasteiger partial charge in [0.2, 0.25) is 0 Å². The minimum Gasteiger partial charge on any atom is -0.489 e. The fourth-order valence-corrected chi connectivity index (χ4v) is 1.50. The topological polar surface area (TPSA) is 35.2 Å². The molecule has 0 fully saturated rings. The van der Waals surface area contributed by atoms with Gasteiger partial charge in [-0.1, -0.05) is 17.7 Å². The lowest BCUT2D eigenvalue weighted by molar-refractivity contribution is 0.300. The van der Waals surface area contributed by atoms with Gasteiger partial charge < -0.3 is 10.5 Å². The van der Waals surface area contributed by atoms with E-state index in [-0.39, 0.29) is 12.4 Å². The van der Waals surface area contributed by atoms with Gasteiger partial charge in [-0.15, -0.1) is 0 Å². The van der Waals surface area contributed by atoms with Crippen LogP contribution >= 0.6 is 11.6 Å². The van der Waals surface area contributed by atoms with Crippen molar-refractivity contribution in [3.05, 3.63) is 58.9 Å². The van der Waals surface area contributed by atoms with Gasteiger partial charge >= 0.3 is 0 Å². The van der Waals surface area contributed by atoms with Gasteiger partial charge in [0.05, 0.1) is 0 Å². The second-order valence-corrected chi connectivity index (χ2v) is 4.03. The lowest BCUT2D eigenvalue weighted by atomic mass is 10.2. The van der Waals surface area contributed by atoms with E-state index in [1.807, 2.05) is 0 Å². The van der Waals surface area contributed by atoms with E-state index in [2.05, 4.69) is 0 Å². The van der Waals surface area contributed by atoms with E-state index in [4.69, 9.17) is 22.1 Å². The van der Waals surface area contributed by atoms with E-state index in [9.17, 15) is 4.39 Å². The van der Waals surface area contributed by atoms with Crippen molar-refractivity contribution in [1.29, 1.82) is 0 Å². The van der Waals surface area contributed by atoms with Gasteiger partial charge in [0.15, 0.2) is 0 Å². The fraction of sp³-hybridized carbons (Fsp3) is 0.0769. The second-order valence-electron chi connectivity index (χ2n) is 3.59. The summed E-state index contributed by atoms with van der Waals surface area (Å²) in [5, 5.41) is 0.635. The highest BCUT2D eigenvalue weighted by Gasteiger charge is 2.03. The van der Waals surface area contributed by atoms with Crippen LogP contribution in [0.25, 0.3) is 0 Å². The number of benzene rings is 2. The highest BCUT2D eigenvalue weighted by molar-refractivity contribution is 6.30. The molecule has 0 saturated carbocycles. The van der Waals surface area contributed by atoms with Gasteiger partial charge in [0, 0.05) is 16.3 Å². The number of halogens is 2. The minimum absolute atomic E-state index is 0.160. The SMILES string of the molecule is Nc1ccc(COc2ccc(Cl)cc2)c(F)c1. The molecule has 0 bridgehead atoms. The van der Waals surface area contributed by atoms with Crippen molar-refractivity contribution in [2.45, 2.75) is 6.61 Å². The zero-order chi connectivity index (χ0) is 12.3. The molecule has 2 N–H and O–H groups in total. The number of rotatable bonds is 3. The first-order valence-electron chi connectivity index (χ1n) is 5.07. The maximum Gasteiger partial charge on any atom is 0.131 e. The quantitative estimate of drug-likeness (QED) is 0.846. The van der Waals surface area contributed by atoms with Crippen LogP contribution in [-0.2, 0) is 6.61 Å². The molecule has 0 aliphatic rings. The van der Waals surface area contributed by atoms with Crippen LogP contribution in [0.1, 0.15) is 5.56 Å². The second kappa shape index (κ2) is 5.06. The summed E-state index contributed by atoms with van der Waals surface area (Å²) in [6, 6.07) is 11.4. The molecule has 0 aliphatic carbocycles. The first-order valence-corrected chi connectivity index (χ1v) is 5.45. The van der Waals surface area contributed by atoms with E-state index in [0.29, 0.717) is 22.0 Å². The molecule has 4 heteroatoms. The molecule has 2 aromatic carbocycles. The molecule has 2 aromatic rings. The van der Waals surface area contributed by atoms with Crippen molar-refractivity contribution in [3.63, 3.8) is 0 Å². The van der Waals surface area contributed by atoms with Gasteiger partial charge in [0.1, 0.15) is 18.2 Å². The molecule has 0 saturated heterocycles. The van der Waals surface area contributed by atoms with Crippen LogP contribution in [0.3, 0.4) is 0 Å². The normalized spacial score (nSPS) is 10.2. The molecule has 0 radical (unpaired) electrons. The molecule has 0 aromatic heterocycles. The molecule has 2 rings (SSSR count). The molecule has 0 atom stereocenters. The summed E-state index contributed by atoms with van der Waals surface area (Å²) in [5.41, 5.74) is 6.32. The monoisotopic (exact) mass is 251 g/mol. The van der Waals surface area contributed by atoms with Crippen LogP contribution in [0, 0.1) is 5.82 Å². The van der Waals surface area contributed by atoms with Gasteiger partial charge in [0.25, 0.3) is 0 Å². The van der Waals surface area contributed by atoms with E-state index in [1.54, 1.807) is 36.4 Å². The summed E-state index contributed by atoms with van der Waals surface area (Å²) in [6.45, 7) is 0.160. The van der Waals surface area contributed by atoms with Crippen LogP contribution in [0.2, 0.25) is 5.02 Å². The first-order chi connectivity index (χ1) is 8.15. The highest BCUT2D eigenvalue weighted by atomic mass is 35.5. The van der Waals surface area contributed by atoms with Crippen LogP contribution in [0.4, 0.5) is 10.1 Å². The summed E-state index contributed by atoms with van der Waals surface area (Å²) >= 11 is 5.74. The van der Waals surface area contributed by atoms with Gasteiger partial charge in [-0.3, -0.25) is 0 Å². The number of hydrogen-bond donors (Lipinski definition) is 1. The Kier molecular flexibility index (Phi) is 3.49. The fourth-order valence-electron chi connectivity index (χ4n) is 1.37. The van der Waals surface area contributed by atoms with Crippen LogP contribution in [-0.4, -0.2) is 0 Å². The number of nitrogens with two attached hydrogens (primary N) is 1. The van der Waals surface area contributed by atoms with Crippen LogP contribution in [0.5, 0.6) is 5.75 Å². The third kappa shape index (κ3) is 3.11. The Morgan fingerprint density at radius 2 is 1.82 bits per heavy atom. The Labute approximate surface area is 104 Å². The Morgan fingerprint density at radius 3 is 2.47 bits per heavy atom. The molecule has 88 valence electrons. The van der Waals surface area contributed by atoms with Crippen molar-refractivity contribution in [2.24, 2.45) is 0 Å². The Bertz CT molecular complexity index is 513. The maximum atomic E-state index is 13.4. The smallest absolute Gasteiger partial charge is 0.131 e. The van der Waals surface area contributed by atoms with Crippen LogP contribution < -0.4 is 10.5 Å².